The fourth-order valence-corrected chi connectivity index (χ4v) is 2.98. The first-order valence-corrected chi connectivity index (χ1v) is 7.73. The van der Waals surface area contributed by atoms with Crippen molar-refractivity contribution in [2.75, 3.05) is 13.1 Å². The van der Waals surface area contributed by atoms with Gasteiger partial charge in [-0.15, -0.1) is 0 Å². The van der Waals surface area contributed by atoms with Gasteiger partial charge in [0.25, 0.3) is 0 Å². The molecule has 3 amide bonds. The Morgan fingerprint density at radius 3 is 2.74 bits per heavy atom. The molecule has 1 aromatic carbocycles. The van der Waals surface area contributed by atoms with E-state index in [1.807, 2.05) is 24.3 Å². The molecule has 1 aromatic rings. The molecule has 6 nitrogen and oxygen atoms in total. The summed E-state index contributed by atoms with van der Waals surface area (Å²) in [4.78, 5) is 37.0. The van der Waals surface area contributed by atoms with Crippen LogP contribution in [-0.2, 0) is 20.8 Å². The third-order valence-corrected chi connectivity index (χ3v) is 4.26. The summed E-state index contributed by atoms with van der Waals surface area (Å²) in [5, 5.41) is 2.74. The molecule has 1 atom stereocenters. The maximum Gasteiger partial charge on any atom is 0.240 e. The number of fused-ring (bicyclic) bond motifs is 1. The van der Waals surface area contributed by atoms with Crippen LogP contribution in [0.5, 0.6) is 5.75 Å². The second kappa shape index (κ2) is 5.68. The number of benzene rings is 1. The molecule has 0 aliphatic carbocycles. The molecule has 3 rings (SSSR count). The number of carbonyl (C=O) groups excluding carboxylic acids is 3. The van der Waals surface area contributed by atoms with Crippen molar-refractivity contribution in [3.05, 3.63) is 29.8 Å². The first-order chi connectivity index (χ1) is 10.9. The van der Waals surface area contributed by atoms with E-state index < -0.39 is 5.41 Å². The van der Waals surface area contributed by atoms with Crippen molar-refractivity contribution in [3.8, 4) is 5.75 Å². The zero-order valence-corrected chi connectivity index (χ0v) is 13.3. The van der Waals surface area contributed by atoms with Crippen LogP contribution in [0.4, 0.5) is 0 Å². The van der Waals surface area contributed by atoms with Crippen LogP contribution < -0.4 is 10.1 Å². The van der Waals surface area contributed by atoms with Crippen molar-refractivity contribution in [1.82, 2.24) is 10.2 Å². The standard InChI is InChI=1S/C17H20N2O4/c1-17(2)8-15(21)19(16(17)22)10-14(20)18-9-12-7-11-5-3-4-6-13(11)23-12/h3-6,12H,7-10H2,1-2H3,(H,18,20). The second-order valence-electron chi connectivity index (χ2n) is 6.70. The molecule has 1 saturated heterocycles. The summed E-state index contributed by atoms with van der Waals surface area (Å²) in [6, 6.07) is 7.77. The predicted molar refractivity (Wildman–Crippen MR) is 82.7 cm³/mol. The summed E-state index contributed by atoms with van der Waals surface area (Å²) in [5.74, 6) is -0.0794. The maximum absolute atomic E-state index is 12.1. The van der Waals surface area contributed by atoms with Crippen molar-refractivity contribution in [1.29, 1.82) is 0 Å². The molecule has 0 spiro atoms. The van der Waals surface area contributed by atoms with E-state index in [1.165, 1.54) is 0 Å². The Hall–Kier alpha value is -2.37. The lowest BCUT2D eigenvalue weighted by Crippen LogP contribution is -2.44. The molecule has 0 aromatic heterocycles. The Morgan fingerprint density at radius 1 is 1.35 bits per heavy atom. The summed E-state index contributed by atoms with van der Waals surface area (Å²) in [6.45, 7) is 3.57. The normalized spacial score (nSPS) is 22.0. The summed E-state index contributed by atoms with van der Waals surface area (Å²) >= 11 is 0. The number of para-hydroxylation sites is 1. The highest BCUT2D eigenvalue weighted by Crippen LogP contribution is 2.31. The monoisotopic (exact) mass is 316 g/mol. The van der Waals surface area contributed by atoms with Gasteiger partial charge >= 0.3 is 0 Å². The van der Waals surface area contributed by atoms with Gasteiger partial charge in [-0.1, -0.05) is 32.0 Å². The third-order valence-electron chi connectivity index (χ3n) is 4.26. The molecule has 2 aliphatic heterocycles. The van der Waals surface area contributed by atoms with Gasteiger partial charge in [0.15, 0.2) is 0 Å². The average Bonchev–Trinajstić information content (AvgIpc) is 2.99. The van der Waals surface area contributed by atoms with Gasteiger partial charge < -0.3 is 10.1 Å². The molecule has 2 heterocycles. The number of hydrogen-bond donors (Lipinski definition) is 1. The van der Waals surface area contributed by atoms with Gasteiger partial charge in [0.1, 0.15) is 18.4 Å². The Labute approximate surface area is 134 Å². The third kappa shape index (κ3) is 3.06. The Kier molecular flexibility index (Phi) is 3.83. The van der Waals surface area contributed by atoms with Crippen molar-refractivity contribution in [2.24, 2.45) is 5.41 Å². The molecule has 0 radical (unpaired) electrons. The summed E-state index contributed by atoms with van der Waals surface area (Å²) < 4.78 is 5.74. The minimum Gasteiger partial charge on any atom is -0.488 e. The highest BCUT2D eigenvalue weighted by atomic mass is 16.5. The highest BCUT2D eigenvalue weighted by Gasteiger charge is 2.45. The van der Waals surface area contributed by atoms with Gasteiger partial charge in [-0.25, -0.2) is 0 Å². The zero-order chi connectivity index (χ0) is 16.6. The predicted octanol–water partition coefficient (Wildman–Crippen LogP) is 0.891. The molecule has 1 N–H and O–H groups in total. The summed E-state index contributed by atoms with van der Waals surface area (Å²) in [7, 11) is 0. The first kappa shape index (κ1) is 15.5. The van der Waals surface area contributed by atoms with E-state index in [4.69, 9.17) is 4.74 Å². The van der Waals surface area contributed by atoms with Crippen LogP contribution in [0.1, 0.15) is 25.8 Å². The zero-order valence-electron chi connectivity index (χ0n) is 13.3. The van der Waals surface area contributed by atoms with E-state index in [-0.39, 0.29) is 36.8 Å². The number of ether oxygens (including phenoxy) is 1. The molecule has 23 heavy (non-hydrogen) atoms. The quantitative estimate of drug-likeness (QED) is 0.837. The van der Waals surface area contributed by atoms with Gasteiger partial charge in [0.2, 0.25) is 17.7 Å². The number of rotatable bonds is 4. The SMILES string of the molecule is CC1(C)CC(=O)N(CC(=O)NCC2Cc3ccccc3O2)C1=O. The molecule has 1 fully saturated rings. The minimum atomic E-state index is -0.715. The lowest BCUT2D eigenvalue weighted by Gasteiger charge is -2.18. The number of amides is 3. The van der Waals surface area contributed by atoms with Gasteiger partial charge in [0, 0.05) is 12.8 Å². The molecule has 0 bridgehead atoms. The van der Waals surface area contributed by atoms with E-state index >= 15 is 0 Å². The van der Waals surface area contributed by atoms with Crippen LogP contribution in [0.15, 0.2) is 24.3 Å². The number of nitrogens with one attached hydrogen (secondary N) is 1. The van der Waals surface area contributed by atoms with Crippen molar-refractivity contribution < 1.29 is 19.1 Å². The van der Waals surface area contributed by atoms with Gasteiger partial charge in [-0.05, 0) is 11.6 Å². The molecule has 2 aliphatic rings. The van der Waals surface area contributed by atoms with E-state index in [0.29, 0.717) is 6.54 Å². The van der Waals surface area contributed by atoms with Crippen molar-refractivity contribution in [3.63, 3.8) is 0 Å². The van der Waals surface area contributed by atoms with E-state index in [1.54, 1.807) is 13.8 Å². The molecule has 0 saturated carbocycles. The molecule has 6 heteroatoms. The van der Waals surface area contributed by atoms with Crippen LogP contribution >= 0.6 is 0 Å². The topological polar surface area (TPSA) is 75.7 Å². The minimum absolute atomic E-state index is 0.113. The smallest absolute Gasteiger partial charge is 0.240 e. The lowest BCUT2D eigenvalue weighted by atomic mass is 9.92. The Balaban J connectivity index is 1.50. The fraction of sp³-hybridized carbons (Fsp3) is 0.471. The number of likely N-dealkylation sites (tertiary alicyclic amines) is 1. The number of hydrogen-bond acceptors (Lipinski definition) is 4. The average molecular weight is 316 g/mol. The Bertz CT molecular complexity index is 643. The van der Waals surface area contributed by atoms with Crippen LogP contribution in [0.3, 0.4) is 0 Å². The van der Waals surface area contributed by atoms with Crippen LogP contribution in [-0.4, -0.2) is 41.8 Å². The van der Waals surface area contributed by atoms with Gasteiger partial charge in [-0.2, -0.15) is 0 Å². The van der Waals surface area contributed by atoms with E-state index in [0.717, 1.165) is 22.6 Å². The van der Waals surface area contributed by atoms with Crippen molar-refractivity contribution in [2.45, 2.75) is 32.8 Å². The van der Waals surface area contributed by atoms with Crippen molar-refractivity contribution >= 4 is 17.7 Å². The summed E-state index contributed by atoms with van der Waals surface area (Å²) in [5.41, 5.74) is 0.409. The second-order valence-corrected chi connectivity index (χ2v) is 6.70. The molecular formula is C17H20N2O4. The molecule has 122 valence electrons. The van der Waals surface area contributed by atoms with E-state index in [2.05, 4.69) is 5.32 Å². The number of nitrogens with zero attached hydrogens (tertiary/aromatic N) is 1. The van der Waals surface area contributed by atoms with Crippen LogP contribution in [0.25, 0.3) is 0 Å². The summed E-state index contributed by atoms with van der Waals surface area (Å²) in [6.07, 6.45) is 0.781. The Morgan fingerprint density at radius 2 is 2.09 bits per heavy atom. The lowest BCUT2D eigenvalue weighted by molar-refractivity contribution is -0.144. The maximum atomic E-state index is 12.1. The van der Waals surface area contributed by atoms with Crippen LogP contribution in [0, 0.1) is 5.41 Å². The number of imide groups is 1. The van der Waals surface area contributed by atoms with Gasteiger partial charge in [-0.3, -0.25) is 19.3 Å². The van der Waals surface area contributed by atoms with E-state index in [9.17, 15) is 14.4 Å². The molecule has 1 unspecified atom stereocenters. The fourth-order valence-electron chi connectivity index (χ4n) is 2.98. The number of carbonyl (C=O) groups is 3. The first-order valence-electron chi connectivity index (χ1n) is 7.73. The highest BCUT2D eigenvalue weighted by molar-refractivity contribution is 6.07. The largest absolute Gasteiger partial charge is 0.488 e. The molecular weight excluding hydrogens is 296 g/mol. The van der Waals surface area contributed by atoms with Crippen LogP contribution in [0.2, 0.25) is 0 Å². The van der Waals surface area contributed by atoms with Gasteiger partial charge in [0.05, 0.1) is 12.0 Å².